The Bertz CT molecular complexity index is 365. The summed E-state index contributed by atoms with van der Waals surface area (Å²) in [6.07, 6.45) is 0. The van der Waals surface area contributed by atoms with Gasteiger partial charge in [0.25, 0.3) is 0 Å². The quantitative estimate of drug-likeness (QED) is 0.852. The van der Waals surface area contributed by atoms with Crippen LogP contribution in [0.4, 0.5) is 5.69 Å². The van der Waals surface area contributed by atoms with Crippen molar-refractivity contribution < 1.29 is 0 Å². The fourth-order valence-electron chi connectivity index (χ4n) is 2.18. The van der Waals surface area contributed by atoms with E-state index >= 15 is 0 Å². The maximum atomic E-state index is 3.67. The molecule has 1 aliphatic heterocycles. The average molecular weight is 283 g/mol. The maximum Gasteiger partial charge on any atom is 0.0511 e. The fourth-order valence-corrected chi connectivity index (χ4v) is 2.93. The van der Waals surface area contributed by atoms with E-state index < -0.39 is 0 Å². The predicted molar refractivity (Wildman–Crippen MR) is 73.1 cm³/mol. The lowest BCUT2D eigenvalue weighted by Crippen LogP contribution is -2.29. The van der Waals surface area contributed by atoms with Crippen LogP contribution in [0.3, 0.4) is 0 Å². The van der Waals surface area contributed by atoms with Crippen LogP contribution in [-0.4, -0.2) is 26.2 Å². The Morgan fingerprint density at radius 2 is 2.25 bits per heavy atom. The first-order valence-electron chi connectivity index (χ1n) is 5.88. The lowest BCUT2D eigenvalue weighted by Gasteiger charge is -2.25. The van der Waals surface area contributed by atoms with E-state index in [-0.39, 0.29) is 0 Å². The Morgan fingerprint density at radius 3 is 3.00 bits per heavy atom. The van der Waals surface area contributed by atoms with Gasteiger partial charge in [-0.2, -0.15) is 0 Å². The molecule has 0 radical (unpaired) electrons. The van der Waals surface area contributed by atoms with Crippen molar-refractivity contribution >= 4 is 21.6 Å². The Labute approximate surface area is 106 Å². The van der Waals surface area contributed by atoms with Crippen LogP contribution in [0, 0.1) is 12.8 Å². The Hall–Kier alpha value is -0.540. The second-order valence-electron chi connectivity index (χ2n) is 4.71. The largest absolute Gasteiger partial charge is 0.369 e. The molecule has 3 heteroatoms. The summed E-state index contributed by atoms with van der Waals surface area (Å²) in [6, 6.07) is 6.60. The van der Waals surface area contributed by atoms with Crippen LogP contribution < -0.4 is 10.2 Å². The molecule has 1 aliphatic rings. The van der Waals surface area contributed by atoms with Crippen molar-refractivity contribution in [2.75, 3.05) is 31.1 Å². The molecule has 16 heavy (non-hydrogen) atoms. The van der Waals surface area contributed by atoms with Crippen LogP contribution in [0.25, 0.3) is 0 Å². The van der Waals surface area contributed by atoms with E-state index in [1.165, 1.54) is 15.7 Å². The minimum atomic E-state index is 0.704. The molecule has 2 nitrogen and oxygen atoms in total. The first-order chi connectivity index (χ1) is 7.66. The van der Waals surface area contributed by atoms with Gasteiger partial charge in [-0.05, 0) is 53.0 Å². The average Bonchev–Trinajstić information content (AvgIpc) is 2.43. The van der Waals surface area contributed by atoms with Gasteiger partial charge in [-0.1, -0.05) is 13.0 Å². The van der Waals surface area contributed by atoms with Crippen molar-refractivity contribution in [1.29, 1.82) is 0 Å². The standard InChI is InChI=1S/C13H19BrN2/c1-10-3-4-13(12(14)7-10)16-6-5-15-8-11(2)9-16/h3-4,7,11,15H,5-6,8-9H2,1-2H3. The normalized spacial score (nSPS) is 21.9. The van der Waals surface area contributed by atoms with Gasteiger partial charge in [0.15, 0.2) is 0 Å². The Kier molecular flexibility index (Phi) is 3.87. The first-order valence-corrected chi connectivity index (χ1v) is 6.68. The molecule has 88 valence electrons. The molecule has 1 heterocycles. The summed E-state index contributed by atoms with van der Waals surface area (Å²) in [6.45, 7) is 8.85. The van der Waals surface area contributed by atoms with Gasteiger partial charge in [0, 0.05) is 24.1 Å². The van der Waals surface area contributed by atoms with Gasteiger partial charge in [0.2, 0.25) is 0 Å². The highest BCUT2D eigenvalue weighted by atomic mass is 79.9. The number of nitrogens with one attached hydrogen (secondary N) is 1. The number of nitrogens with zero attached hydrogens (tertiary/aromatic N) is 1. The number of benzene rings is 1. The molecule has 1 N–H and O–H groups in total. The number of rotatable bonds is 1. The summed E-state index contributed by atoms with van der Waals surface area (Å²) in [5, 5.41) is 3.47. The molecule has 1 atom stereocenters. The topological polar surface area (TPSA) is 15.3 Å². The molecule has 0 spiro atoms. The summed E-state index contributed by atoms with van der Waals surface area (Å²) in [5.41, 5.74) is 2.62. The molecule has 1 unspecified atom stereocenters. The molecular weight excluding hydrogens is 264 g/mol. The van der Waals surface area contributed by atoms with E-state index in [2.05, 4.69) is 58.2 Å². The van der Waals surface area contributed by atoms with E-state index in [0.717, 1.165) is 26.2 Å². The Balaban J connectivity index is 2.21. The van der Waals surface area contributed by atoms with Crippen LogP contribution in [0.1, 0.15) is 12.5 Å². The summed E-state index contributed by atoms with van der Waals surface area (Å²) in [4.78, 5) is 2.47. The molecule has 0 bridgehead atoms. The zero-order valence-electron chi connectivity index (χ0n) is 9.96. The van der Waals surface area contributed by atoms with Gasteiger partial charge in [-0.25, -0.2) is 0 Å². The fraction of sp³-hybridized carbons (Fsp3) is 0.538. The molecule has 0 aliphatic carbocycles. The zero-order valence-corrected chi connectivity index (χ0v) is 11.5. The third kappa shape index (κ3) is 2.77. The molecule has 1 aromatic carbocycles. The van der Waals surface area contributed by atoms with Gasteiger partial charge in [0.1, 0.15) is 0 Å². The highest BCUT2D eigenvalue weighted by Crippen LogP contribution is 2.28. The van der Waals surface area contributed by atoms with Gasteiger partial charge in [0.05, 0.1) is 5.69 Å². The molecule has 1 saturated heterocycles. The highest BCUT2D eigenvalue weighted by molar-refractivity contribution is 9.10. The molecule has 2 rings (SSSR count). The summed E-state index contributed by atoms with van der Waals surface area (Å²) < 4.78 is 1.21. The maximum absolute atomic E-state index is 3.67. The van der Waals surface area contributed by atoms with Gasteiger partial charge in [-0.15, -0.1) is 0 Å². The van der Waals surface area contributed by atoms with Crippen molar-refractivity contribution in [1.82, 2.24) is 5.32 Å². The molecule has 0 saturated carbocycles. The number of anilines is 1. The molecule has 1 aromatic rings. The van der Waals surface area contributed by atoms with Crippen molar-refractivity contribution in [2.45, 2.75) is 13.8 Å². The highest BCUT2D eigenvalue weighted by Gasteiger charge is 2.16. The monoisotopic (exact) mass is 282 g/mol. The molecule has 0 amide bonds. The summed E-state index contributed by atoms with van der Waals surface area (Å²) in [5.74, 6) is 0.704. The number of hydrogen-bond acceptors (Lipinski definition) is 2. The smallest absolute Gasteiger partial charge is 0.0511 e. The van der Waals surface area contributed by atoms with Crippen LogP contribution >= 0.6 is 15.9 Å². The number of halogens is 1. The van der Waals surface area contributed by atoms with E-state index in [1.54, 1.807) is 0 Å². The Morgan fingerprint density at radius 1 is 1.44 bits per heavy atom. The minimum absolute atomic E-state index is 0.704. The van der Waals surface area contributed by atoms with Crippen LogP contribution in [-0.2, 0) is 0 Å². The van der Waals surface area contributed by atoms with Crippen LogP contribution in [0.15, 0.2) is 22.7 Å². The van der Waals surface area contributed by atoms with Crippen molar-refractivity contribution in [2.24, 2.45) is 5.92 Å². The zero-order chi connectivity index (χ0) is 11.5. The lowest BCUT2D eigenvalue weighted by atomic mass is 10.1. The lowest BCUT2D eigenvalue weighted by molar-refractivity contribution is 0.564. The third-order valence-corrected chi connectivity index (χ3v) is 3.66. The first kappa shape index (κ1) is 11.9. The van der Waals surface area contributed by atoms with Crippen LogP contribution in [0.2, 0.25) is 0 Å². The third-order valence-electron chi connectivity index (χ3n) is 3.03. The van der Waals surface area contributed by atoms with Gasteiger partial charge in [-0.3, -0.25) is 0 Å². The van der Waals surface area contributed by atoms with Gasteiger partial charge < -0.3 is 10.2 Å². The van der Waals surface area contributed by atoms with Crippen molar-refractivity contribution in [3.05, 3.63) is 28.2 Å². The van der Waals surface area contributed by atoms with E-state index in [0.29, 0.717) is 5.92 Å². The molecule has 1 fully saturated rings. The second-order valence-corrected chi connectivity index (χ2v) is 5.56. The molecular formula is C13H19BrN2. The SMILES string of the molecule is Cc1ccc(N2CCNCC(C)C2)c(Br)c1. The summed E-state index contributed by atoms with van der Waals surface area (Å²) in [7, 11) is 0. The van der Waals surface area contributed by atoms with Gasteiger partial charge >= 0.3 is 0 Å². The van der Waals surface area contributed by atoms with Crippen molar-refractivity contribution in [3.8, 4) is 0 Å². The minimum Gasteiger partial charge on any atom is -0.369 e. The van der Waals surface area contributed by atoms with E-state index in [1.807, 2.05) is 0 Å². The number of aryl methyl sites for hydroxylation is 1. The van der Waals surface area contributed by atoms with Crippen molar-refractivity contribution in [3.63, 3.8) is 0 Å². The molecule has 0 aromatic heterocycles. The van der Waals surface area contributed by atoms with E-state index in [9.17, 15) is 0 Å². The number of hydrogen-bond donors (Lipinski definition) is 1. The van der Waals surface area contributed by atoms with Crippen LogP contribution in [0.5, 0.6) is 0 Å². The summed E-state index contributed by atoms with van der Waals surface area (Å²) >= 11 is 3.67. The predicted octanol–water partition coefficient (Wildman–Crippen LogP) is 2.80. The second kappa shape index (κ2) is 5.19. The van der Waals surface area contributed by atoms with E-state index in [4.69, 9.17) is 0 Å².